The highest BCUT2D eigenvalue weighted by molar-refractivity contribution is 7.22. The molecule has 0 aliphatic carbocycles. The number of quaternary nitrogens is 1. The van der Waals surface area contributed by atoms with E-state index in [-0.39, 0.29) is 11.6 Å². The lowest BCUT2D eigenvalue weighted by atomic mass is 10.2. The first-order chi connectivity index (χ1) is 13.4. The van der Waals surface area contributed by atoms with Crippen LogP contribution in [0.2, 0.25) is 0 Å². The predicted octanol–water partition coefficient (Wildman–Crippen LogP) is 2.69. The number of aryl methyl sites for hydroxylation is 1. The maximum absolute atomic E-state index is 13.2. The van der Waals surface area contributed by atoms with Crippen LogP contribution in [0.25, 0.3) is 10.2 Å². The van der Waals surface area contributed by atoms with Gasteiger partial charge >= 0.3 is 0 Å². The molecule has 1 aromatic heterocycles. The zero-order valence-corrected chi connectivity index (χ0v) is 17.0. The second-order valence-corrected chi connectivity index (χ2v) is 8.00. The zero-order chi connectivity index (χ0) is 20.3. The lowest BCUT2D eigenvalue weighted by Crippen LogP contribution is -3.05. The molecule has 3 aromatic rings. The van der Waals surface area contributed by atoms with Crippen LogP contribution in [0.1, 0.15) is 22.3 Å². The molecule has 0 bridgehead atoms. The van der Waals surface area contributed by atoms with Crippen molar-refractivity contribution in [3.63, 3.8) is 0 Å². The predicted molar refractivity (Wildman–Crippen MR) is 111 cm³/mol. The van der Waals surface area contributed by atoms with Gasteiger partial charge in [-0.25, -0.2) is 4.98 Å². The number of fused-ring (bicyclic) bond motifs is 1. The Bertz CT molecular complexity index is 998. The summed E-state index contributed by atoms with van der Waals surface area (Å²) >= 11 is 1.49. The Morgan fingerprint density at radius 2 is 1.93 bits per heavy atom. The summed E-state index contributed by atoms with van der Waals surface area (Å²) in [6, 6.07) is 11.7. The number of rotatable bonds is 7. The summed E-state index contributed by atoms with van der Waals surface area (Å²) < 4.78 is 1.04. The fourth-order valence-electron chi connectivity index (χ4n) is 2.95. The molecule has 0 unspecified atom stereocenters. The van der Waals surface area contributed by atoms with Gasteiger partial charge in [0.1, 0.15) is 0 Å². The van der Waals surface area contributed by atoms with Crippen LogP contribution in [-0.4, -0.2) is 43.0 Å². The molecule has 1 amide bonds. The summed E-state index contributed by atoms with van der Waals surface area (Å²) in [5.74, 6) is -0.194. The second-order valence-electron chi connectivity index (χ2n) is 6.99. The van der Waals surface area contributed by atoms with Gasteiger partial charge in [0.15, 0.2) is 5.13 Å². The molecule has 28 heavy (non-hydrogen) atoms. The van der Waals surface area contributed by atoms with Crippen molar-refractivity contribution in [2.45, 2.75) is 13.3 Å². The number of amides is 1. The fourth-order valence-corrected chi connectivity index (χ4v) is 4.01. The number of anilines is 1. The van der Waals surface area contributed by atoms with Crippen LogP contribution in [0.5, 0.6) is 0 Å². The number of nitrogens with one attached hydrogen (secondary N) is 1. The number of hydrogen-bond acceptors (Lipinski definition) is 5. The average molecular weight is 399 g/mol. The highest BCUT2D eigenvalue weighted by Crippen LogP contribution is 2.31. The first-order valence-electron chi connectivity index (χ1n) is 9.08. The van der Waals surface area contributed by atoms with Gasteiger partial charge in [0.2, 0.25) is 0 Å². The Kier molecular flexibility index (Phi) is 6.01. The molecule has 1 N–H and O–H groups in total. The number of para-hydroxylation sites is 1. The lowest BCUT2D eigenvalue weighted by molar-refractivity contribution is -0.858. The van der Waals surface area contributed by atoms with Gasteiger partial charge in [0.25, 0.3) is 11.6 Å². The maximum atomic E-state index is 13.2. The number of benzene rings is 2. The number of nitro benzene ring substituents is 1. The lowest BCUT2D eigenvalue weighted by Gasteiger charge is -2.20. The topological polar surface area (TPSA) is 80.8 Å². The highest BCUT2D eigenvalue weighted by Gasteiger charge is 2.22. The number of nitrogens with zero attached hydrogens (tertiary/aromatic N) is 3. The standard InChI is InChI=1S/C20H22N4O3S/c1-14-6-4-7-17-18(14)21-20(28-17)23(13-5-12-22(2)3)19(25)15-8-10-16(11-9-15)24(26)27/h4,6-11H,5,12-13H2,1-3H3/p+1. The molecule has 7 nitrogen and oxygen atoms in total. The highest BCUT2D eigenvalue weighted by atomic mass is 32.1. The molecular formula is C20H23N4O3S+. The Labute approximate surface area is 167 Å². The van der Waals surface area contributed by atoms with Crippen LogP contribution in [0, 0.1) is 17.0 Å². The van der Waals surface area contributed by atoms with Crippen LogP contribution in [0.3, 0.4) is 0 Å². The molecule has 1 heterocycles. The molecule has 8 heteroatoms. The number of non-ortho nitro benzene ring substituents is 1. The molecule has 0 saturated heterocycles. The minimum atomic E-state index is -0.470. The molecule has 146 valence electrons. The Balaban J connectivity index is 1.94. The van der Waals surface area contributed by atoms with Crippen molar-refractivity contribution in [2.75, 3.05) is 32.1 Å². The van der Waals surface area contributed by atoms with E-state index in [1.54, 1.807) is 4.90 Å². The van der Waals surface area contributed by atoms with Crippen LogP contribution >= 0.6 is 11.3 Å². The van der Waals surface area contributed by atoms with Gasteiger partial charge in [0, 0.05) is 30.7 Å². The summed E-state index contributed by atoms with van der Waals surface area (Å²) in [6.45, 7) is 3.47. The monoisotopic (exact) mass is 399 g/mol. The van der Waals surface area contributed by atoms with E-state index in [2.05, 4.69) is 14.1 Å². The van der Waals surface area contributed by atoms with E-state index in [9.17, 15) is 14.9 Å². The molecule has 0 fully saturated rings. The zero-order valence-electron chi connectivity index (χ0n) is 16.1. The van der Waals surface area contributed by atoms with Crippen LogP contribution < -0.4 is 9.80 Å². The number of carbonyl (C=O) groups excluding carboxylic acids is 1. The van der Waals surface area contributed by atoms with Crippen molar-refractivity contribution in [1.82, 2.24) is 4.98 Å². The van der Waals surface area contributed by atoms with E-state index < -0.39 is 4.92 Å². The number of carbonyl (C=O) groups is 1. The summed E-state index contributed by atoms with van der Waals surface area (Å²) in [5, 5.41) is 11.5. The average Bonchev–Trinajstić information content (AvgIpc) is 3.10. The van der Waals surface area contributed by atoms with E-state index in [4.69, 9.17) is 4.98 Å². The SMILES string of the molecule is Cc1cccc2sc(N(CCC[NH+](C)C)C(=O)c3ccc([N+](=O)[O-])cc3)nc12. The smallest absolute Gasteiger partial charge is 0.269 e. The van der Waals surface area contributed by atoms with E-state index in [1.807, 2.05) is 25.1 Å². The normalized spacial score (nSPS) is 11.1. The molecule has 2 aromatic carbocycles. The molecular weight excluding hydrogens is 376 g/mol. The van der Waals surface area contributed by atoms with Gasteiger partial charge in [0.05, 0.1) is 35.8 Å². The van der Waals surface area contributed by atoms with Gasteiger partial charge in [-0.2, -0.15) is 0 Å². The molecule has 0 aliphatic heterocycles. The summed E-state index contributed by atoms with van der Waals surface area (Å²) in [6.07, 6.45) is 0.829. The van der Waals surface area contributed by atoms with Gasteiger partial charge in [-0.3, -0.25) is 19.8 Å². The summed E-state index contributed by atoms with van der Waals surface area (Å²) in [4.78, 5) is 31.3. The molecule has 0 radical (unpaired) electrons. The van der Waals surface area contributed by atoms with E-state index in [1.165, 1.54) is 40.5 Å². The minimum absolute atomic E-state index is 0.0325. The third-order valence-corrected chi connectivity index (χ3v) is 5.51. The molecule has 3 rings (SSSR count). The van der Waals surface area contributed by atoms with Crippen LogP contribution in [-0.2, 0) is 0 Å². The second kappa shape index (κ2) is 8.45. The quantitative estimate of drug-likeness (QED) is 0.489. The fraction of sp³-hybridized carbons (Fsp3) is 0.300. The van der Waals surface area contributed by atoms with Crippen molar-refractivity contribution in [3.8, 4) is 0 Å². The van der Waals surface area contributed by atoms with Gasteiger partial charge in [-0.15, -0.1) is 0 Å². The van der Waals surface area contributed by atoms with E-state index >= 15 is 0 Å². The molecule has 0 saturated carbocycles. The number of aromatic nitrogens is 1. The van der Waals surface area contributed by atoms with Crippen molar-refractivity contribution < 1.29 is 14.6 Å². The van der Waals surface area contributed by atoms with Gasteiger partial charge < -0.3 is 4.90 Å². The maximum Gasteiger partial charge on any atom is 0.269 e. The number of hydrogen-bond donors (Lipinski definition) is 1. The van der Waals surface area contributed by atoms with Gasteiger partial charge in [-0.05, 0) is 30.7 Å². The largest absolute Gasteiger partial charge is 0.340 e. The van der Waals surface area contributed by atoms with Crippen LogP contribution in [0.4, 0.5) is 10.8 Å². The van der Waals surface area contributed by atoms with Crippen molar-refractivity contribution in [3.05, 3.63) is 63.7 Å². The first kappa shape index (κ1) is 19.9. The Morgan fingerprint density at radius 1 is 1.21 bits per heavy atom. The van der Waals surface area contributed by atoms with Gasteiger partial charge in [-0.1, -0.05) is 23.5 Å². The third-order valence-electron chi connectivity index (χ3n) is 4.47. The minimum Gasteiger partial charge on any atom is -0.340 e. The first-order valence-corrected chi connectivity index (χ1v) is 9.90. The number of thiazole rings is 1. The van der Waals surface area contributed by atoms with E-state index in [0.717, 1.165) is 28.7 Å². The Hall–Kier alpha value is -2.84. The molecule has 0 spiro atoms. The Morgan fingerprint density at radius 3 is 2.54 bits per heavy atom. The van der Waals surface area contributed by atoms with Crippen LogP contribution in [0.15, 0.2) is 42.5 Å². The summed E-state index contributed by atoms with van der Waals surface area (Å²) in [7, 11) is 4.15. The number of nitro groups is 1. The van der Waals surface area contributed by atoms with Crippen molar-refractivity contribution >= 4 is 38.3 Å². The van der Waals surface area contributed by atoms with Crippen molar-refractivity contribution in [1.29, 1.82) is 0 Å². The molecule has 0 atom stereocenters. The summed E-state index contributed by atoms with van der Waals surface area (Å²) in [5.41, 5.74) is 2.36. The molecule has 0 aliphatic rings. The van der Waals surface area contributed by atoms with Crippen molar-refractivity contribution in [2.24, 2.45) is 0 Å². The van der Waals surface area contributed by atoms with E-state index in [0.29, 0.717) is 17.2 Å². The third kappa shape index (κ3) is 4.35.